The molecule has 2 aromatic carbocycles. The maximum atomic E-state index is 5.66. The topological polar surface area (TPSA) is 43.2 Å². The molecule has 0 amide bonds. The standard InChI is InChI=1S/C28H40N4OS/c1-2-3-4-5-6-7-8-14-19-28(24-31-20-22-33-23-21-31,34-25-15-10-9-11-16-25)32-27-18-13-12-17-26(27)29-30-32/h9-13,15-18H,2-8,14,19-24H2,1H3. The van der Waals surface area contributed by atoms with Crippen molar-refractivity contribution in [2.24, 2.45) is 0 Å². The van der Waals surface area contributed by atoms with Crippen molar-refractivity contribution in [1.29, 1.82) is 0 Å². The molecule has 3 aromatic rings. The molecule has 0 spiro atoms. The van der Waals surface area contributed by atoms with Crippen LogP contribution in [0.15, 0.2) is 59.5 Å². The number of morpholine rings is 1. The Bertz CT molecular complexity index is 973. The smallest absolute Gasteiger partial charge is 0.127 e. The van der Waals surface area contributed by atoms with Crippen LogP contribution in [-0.4, -0.2) is 52.7 Å². The Balaban J connectivity index is 1.57. The largest absolute Gasteiger partial charge is 0.379 e. The molecule has 1 fully saturated rings. The summed E-state index contributed by atoms with van der Waals surface area (Å²) in [7, 11) is 0. The van der Waals surface area contributed by atoms with Crippen LogP contribution < -0.4 is 0 Å². The van der Waals surface area contributed by atoms with Crippen molar-refractivity contribution in [1.82, 2.24) is 19.9 Å². The molecule has 0 bridgehead atoms. The number of fused-ring (bicyclic) bond motifs is 1. The summed E-state index contributed by atoms with van der Waals surface area (Å²) >= 11 is 1.96. The van der Waals surface area contributed by atoms with Gasteiger partial charge in [0, 0.05) is 24.5 Å². The number of benzene rings is 2. The van der Waals surface area contributed by atoms with Gasteiger partial charge in [-0.05, 0) is 30.7 Å². The number of para-hydroxylation sites is 1. The fourth-order valence-corrected chi connectivity index (χ4v) is 6.35. The van der Waals surface area contributed by atoms with Gasteiger partial charge in [-0.25, -0.2) is 4.68 Å². The first-order valence-corrected chi connectivity index (χ1v) is 14.0. The van der Waals surface area contributed by atoms with Gasteiger partial charge in [0.2, 0.25) is 0 Å². The Morgan fingerprint density at radius 3 is 2.29 bits per heavy atom. The molecular weight excluding hydrogens is 440 g/mol. The summed E-state index contributed by atoms with van der Waals surface area (Å²) in [6.07, 6.45) is 11.7. The third kappa shape index (κ3) is 6.83. The monoisotopic (exact) mass is 480 g/mol. The van der Waals surface area contributed by atoms with E-state index in [4.69, 9.17) is 9.95 Å². The van der Waals surface area contributed by atoms with Crippen LogP contribution in [0.2, 0.25) is 0 Å². The molecule has 1 atom stereocenters. The van der Waals surface area contributed by atoms with E-state index >= 15 is 0 Å². The van der Waals surface area contributed by atoms with Gasteiger partial charge in [0.05, 0.1) is 18.7 Å². The van der Waals surface area contributed by atoms with Crippen molar-refractivity contribution in [2.45, 2.75) is 74.5 Å². The number of hydrogen-bond acceptors (Lipinski definition) is 5. The lowest BCUT2D eigenvalue weighted by molar-refractivity contribution is 0.0267. The molecule has 5 nitrogen and oxygen atoms in total. The SMILES string of the molecule is CCCCCCCCCCC(CN1CCOCC1)(Sc1ccccc1)n1nnc2ccccc21. The number of aromatic nitrogens is 3. The van der Waals surface area contributed by atoms with Gasteiger partial charge in [-0.1, -0.05) is 106 Å². The molecule has 2 heterocycles. The van der Waals surface area contributed by atoms with Crippen LogP contribution >= 0.6 is 11.8 Å². The molecule has 4 rings (SSSR count). The highest BCUT2D eigenvalue weighted by Gasteiger charge is 2.38. The Labute approximate surface area is 209 Å². The lowest BCUT2D eigenvalue weighted by Crippen LogP contribution is -2.47. The highest BCUT2D eigenvalue weighted by atomic mass is 32.2. The predicted octanol–water partition coefficient (Wildman–Crippen LogP) is 6.74. The third-order valence-electron chi connectivity index (χ3n) is 6.78. The predicted molar refractivity (Wildman–Crippen MR) is 142 cm³/mol. The Hall–Kier alpha value is -1.89. The number of rotatable bonds is 14. The molecule has 1 aliphatic rings. The van der Waals surface area contributed by atoms with Gasteiger partial charge < -0.3 is 4.74 Å². The maximum Gasteiger partial charge on any atom is 0.127 e. The average molecular weight is 481 g/mol. The van der Waals surface area contributed by atoms with E-state index in [1.807, 2.05) is 17.8 Å². The van der Waals surface area contributed by atoms with E-state index in [2.05, 4.69) is 70.1 Å². The molecular formula is C28H40N4OS. The zero-order valence-electron chi connectivity index (χ0n) is 20.7. The normalized spacial score (nSPS) is 16.6. The van der Waals surface area contributed by atoms with Gasteiger partial charge in [-0.15, -0.1) is 5.10 Å². The fraction of sp³-hybridized carbons (Fsp3) is 0.571. The van der Waals surface area contributed by atoms with E-state index in [1.165, 1.54) is 56.3 Å². The van der Waals surface area contributed by atoms with Crippen molar-refractivity contribution in [3.63, 3.8) is 0 Å². The number of ether oxygens (including phenoxy) is 1. The van der Waals surface area contributed by atoms with Crippen molar-refractivity contribution >= 4 is 22.8 Å². The van der Waals surface area contributed by atoms with Crippen LogP contribution in [0.3, 0.4) is 0 Å². The summed E-state index contributed by atoms with van der Waals surface area (Å²) in [6, 6.07) is 19.2. The first-order chi connectivity index (χ1) is 16.8. The molecule has 34 heavy (non-hydrogen) atoms. The average Bonchev–Trinajstić information content (AvgIpc) is 3.32. The molecule has 0 N–H and O–H groups in total. The summed E-state index contributed by atoms with van der Waals surface area (Å²) in [4.78, 5) is 3.63. The van der Waals surface area contributed by atoms with E-state index in [1.54, 1.807) is 0 Å². The van der Waals surface area contributed by atoms with Gasteiger partial charge in [-0.2, -0.15) is 0 Å². The van der Waals surface area contributed by atoms with Crippen LogP contribution in [0.1, 0.15) is 64.7 Å². The zero-order valence-corrected chi connectivity index (χ0v) is 21.5. The molecule has 0 radical (unpaired) electrons. The van der Waals surface area contributed by atoms with E-state index in [0.29, 0.717) is 0 Å². The minimum atomic E-state index is -0.211. The quantitative estimate of drug-likeness (QED) is 0.189. The van der Waals surface area contributed by atoms with Crippen molar-refractivity contribution in [2.75, 3.05) is 32.8 Å². The highest BCUT2D eigenvalue weighted by Crippen LogP contribution is 2.43. The van der Waals surface area contributed by atoms with Crippen LogP contribution in [0.25, 0.3) is 11.0 Å². The summed E-state index contributed by atoms with van der Waals surface area (Å²) < 4.78 is 7.90. The van der Waals surface area contributed by atoms with E-state index in [0.717, 1.165) is 50.3 Å². The number of hydrogen-bond donors (Lipinski definition) is 0. The van der Waals surface area contributed by atoms with Gasteiger partial charge in [0.25, 0.3) is 0 Å². The first-order valence-electron chi connectivity index (χ1n) is 13.2. The van der Waals surface area contributed by atoms with Crippen LogP contribution in [0, 0.1) is 0 Å². The van der Waals surface area contributed by atoms with Crippen molar-refractivity contribution in [3.8, 4) is 0 Å². The maximum absolute atomic E-state index is 5.66. The van der Waals surface area contributed by atoms with E-state index in [-0.39, 0.29) is 4.87 Å². The van der Waals surface area contributed by atoms with Crippen molar-refractivity contribution < 1.29 is 4.74 Å². The lowest BCUT2D eigenvalue weighted by atomic mass is 10.0. The second-order valence-corrected chi connectivity index (χ2v) is 10.9. The second-order valence-electron chi connectivity index (χ2n) is 9.46. The van der Waals surface area contributed by atoms with Crippen LogP contribution in [-0.2, 0) is 9.61 Å². The molecule has 0 aliphatic carbocycles. The molecule has 1 saturated heterocycles. The summed E-state index contributed by atoms with van der Waals surface area (Å²) in [5.74, 6) is 0. The Morgan fingerprint density at radius 1 is 0.853 bits per heavy atom. The second kappa shape index (κ2) is 13.3. The molecule has 0 saturated carbocycles. The number of nitrogens with zero attached hydrogens (tertiary/aromatic N) is 4. The van der Waals surface area contributed by atoms with Crippen LogP contribution in [0.4, 0.5) is 0 Å². The van der Waals surface area contributed by atoms with Gasteiger partial charge in [0.1, 0.15) is 10.4 Å². The molecule has 1 aromatic heterocycles. The van der Waals surface area contributed by atoms with E-state index < -0.39 is 0 Å². The third-order valence-corrected chi connectivity index (χ3v) is 8.18. The van der Waals surface area contributed by atoms with Gasteiger partial charge in [0.15, 0.2) is 0 Å². The number of thioether (sulfide) groups is 1. The van der Waals surface area contributed by atoms with Crippen LogP contribution in [0.5, 0.6) is 0 Å². The number of unbranched alkanes of at least 4 members (excludes halogenated alkanes) is 7. The first kappa shape index (κ1) is 25.2. The summed E-state index contributed by atoms with van der Waals surface area (Å²) in [6.45, 7) is 6.79. The summed E-state index contributed by atoms with van der Waals surface area (Å²) in [5.41, 5.74) is 2.09. The fourth-order valence-electron chi connectivity index (χ4n) is 4.90. The Kier molecular flexibility index (Phi) is 9.84. The Morgan fingerprint density at radius 2 is 1.53 bits per heavy atom. The highest BCUT2D eigenvalue weighted by molar-refractivity contribution is 8.00. The van der Waals surface area contributed by atoms with Gasteiger partial charge in [-0.3, -0.25) is 4.90 Å². The lowest BCUT2D eigenvalue weighted by Gasteiger charge is -2.39. The van der Waals surface area contributed by atoms with Crippen molar-refractivity contribution in [3.05, 3.63) is 54.6 Å². The summed E-state index contributed by atoms with van der Waals surface area (Å²) in [5, 5.41) is 9.33. The minimum Gasteiger partial charge on any atom is -0.379 e. The van der Waals surface area contributed by atoms with E-state index in [9.17, 15) is 0 Å². The minimum absolute atomic E-state index is 0.211. The molecule has 1 aliphatic heterocycles. The molecule has 184 valence electrons. The molecule has 1 unspecified atom stereocenters. The van der Waals surface area contributed by atoms with Gasteiger partial charge >= 0.3 is 0 Å². The zero-order chi connectivity index (χ0) is 23.5. The molecule has 6 heteroatoms.